The number of piperazine rings is 1. The summed E-state index contributed by atoms with van der Waals surface area (Å²) in [4.78, 5) is 30.5. The lowest BCUT2D eigenvalue weighted by molar-refractivity contribution is 0.0697. The third-order valence-corrected chi connectivity index (χ3v) is 9.05. The van der Waals surface area contributed by atoms with Gasteiger partial charge in [-0.1, -0.05) is 23.7 Å². The van der Waals surface area contributed by atoms with Crippen molar-refractivity contribution in [3.05, 3.63) is 101 Å². The molecule has 1 N–H and O–H groups in total. The molecule has 2 saturated heterocycles. The third-order valence-electron chi connectivity index (χ3n) is 8.82. The van der Waals surface area contributed by atoms with Crippen molar-refractivity contribution < 1.29 is 23.8 Å². The normalized spacial score (nSPS) is 18.3. The molecule has 0 amide bonds. The number of benzene rings is 2. The minimum absolute atomic E-state index is 0.0395. The highest BCUT2D eigenvalue weighted by Gasteiger charge is 2.41. The maximum Gasteiger partial charge on any atom is 0.335 e. The van der Waals surface area contributed by atoms with Crippen molar-refractivity contribution in [2.75, 3.05) is 31.2 Å². The predicted molar refractivity (Wildman–Crippen MR) is 170 cm³/mol. The van der Waals surface area contributed by atoms with Gasteiger partial charge in [0, 0.05) is 55.2 Å². The van der Waals surface area contributed by atoms with Crippen molar-refractivity contribution in [3.8, 4) is 5.88 Å². The van der Waals surface area contributed by atoms with Crippen molar-refractivity contribution in [1.82, 2.24) is 29.0 Å². The Morgan fingerprint density at radius 2 is 1.96 bits per heavy atom. The first kappa shape index (κ1) is 30.2. The first-order valence-electron chi connectivity index (χ1n) is 15.2. The zero-order valence-electron chi connectivity index (χ0n) is 25.2. The number of anilines is 1. The lowest BCUT2D eigenvalue weighted by Gasteiger charge is -2.44. The van der Waals surface area contributed by atoms with Crippen molar-refractivity contribution in [2.24, 2.45) is 0 Å². The fourth-order valence-electron chi connectivity index (χ4n) is 6.37. The lowest BCUT2D eigenvalue weighted by Crippen LogP contribution is -2.59. The van der Waals surface area contributed by atoms with Gasteiger partial charge in [0.1, 0.15) is 29.9 Å². The van der Waals surface area contributed by atoms with Crippen molar-refractivity contribution in [2.45, 2.75) is 45.2 Å². The van der Waals surface area contributed by atoms with Crippen LogP contribution in [-0.4, -0.2) is 78.4 Å². The molecule has 2 aliphatic rings. The number of rotatable bonds is 10. The topological polar surface area (TPSA) is 111 Å². The van der Waals surface area contributed by atoms with E-state index in [1.165, 1.54) is 6.07 Å². The second-order valence-corrected chi connectivity index (χ2v) is 12.0. The monoisotopic (exact) mass is 645 g/mol. The van der Waals surface area contributed by atoms with Crippen LogP contribution in [-0.2, 0) is 31.0 Å². The Morgan fingerprint density at radius 3 is 2.76 bits per heavy atom. The fraction of sp³-hybridized carbons (Fsp3) is 0.333. The maximum atomic E-state index is 14.3. The van der Waals surface area contributed by atoms with Crippen LogP contribution in [0.15, 0.2) is 67.0 Å². The molecule has 7 rings (SSSR count). The number of ether oxygens (including phenoxy) is 2. The summed E-state index contributed by atoms with van der Waals surface area (Å²) in [6.45, 7) is 6.48. The molecular weight excluding hydrogens is 613 g/mol. The van der Waals surface area contributed by atoms with Gasteiger partial charge in [0.15, 0.2) is 0 Å². The first-order chi connectivity index (χ1) is 22.3. The number of hydrogen-bond acceptors (Lipinski definition) is 8. The Hall–Kier alpha value is -4.52. The van der Waals surface area contributed by atoms with Crippen LogP contribution in [0, 0.1) is 12.7 Å². The number of carbonyl (C=O) groups is 1. The van der Waals surface area contributed by atoms with E-state index in [0.29, 0.717) is 55.9 Å². The number of aromatic carboxylic acids is 1. The molecule has 46 heavy (non-hydrogen) atoms. The Balaban J connectivity index is 1.10. The first-order valence-corrected chi connectivity index (χ1v) is 15.5. The summed E-state index contributed by atoms with van der Waals surface area (Å²) in [5.74, 6) is 1.59. The molecule has 0 saturated carbocycles. The summed E-state index contributed by atoms with van der Waals surface area (Å²) in [6.07, 6.45) is 3.72. The van der Waals surface area contributed by atoms with Crippen molar-refractivity contribution in [1.29, 1.82) is 0 Å². The highest BCUT2D eigenvalue weighted by atomic mass is 35.5. The van der Waals surface area contributed by atoms with E-state index in [-0.39, 0.29) is 24.3 Å². The van der Waals surface area contributed by atoms with E-state index in [1.807, 2.05) is 25.3 Å². The van der Waals surface area contributed by atoms with Crippen LogP contribution in [0.4, 0.5) is 10.2 Å². The van der Waals surface area contributed by atoms with Crippen LogP contribution >= 0.6 is 11.6 Å². The number of halogens is 2. The molecule has 238 valence electrons. The minimum atomic E-state index is -0.969. The van der Waals surface area contributed by atoms with Crippen LogP contribution in [0.25, 0.3) is 11.0 Å². The van der Waals surface area contributed by atoms with E-state index in [0.717, 1.165) is 35.0 Å². The number of carboxylic acids is 1. The molecule has 2 atom stereocenters. The number of aromatic nitrogens is 5. The molecule has 3 aromatic heterocycles. The van der Waals surface area contributed by atoms with Crippen LogP contribution in [0.5, 0.6) is 5.88 Å². The minimum Gasteiger partial charge on any atom is -0.478 e. The number of carboxylic acid groups (broad SMARTS) is 1. The van der Waals surface area contributed by atoms with Gasteiger partial charge >= 0.3 is 5.97 Å². The summed E-state index contributed by atoms with van der Waals surface area (Å²) >= 11 is 5.88. The van der Waals surface area contributed by atoms with Gasteiger partial charge in [-0.15, -0.1) is 0 Å². The van der Waals surface area contributed by atoms with Crippen LogP contribution in [0.2, 0.25) is 5.02 Å². The molecule has 0 unspecified atom stereocenters. The second-order valence-electron chi connectivity index (χ2n) is 11.6. The highest BCUT2D eigenvalue weighted by molar-refractivity contribution is 6.30. The Kier molecular flexibility index (Phi) is 8.33. The number of fused-ring (bicyclic) bond motifs is 2. The molecule has 0 radical (unpaired) electrons. The molecule has 5 aromatic rings. The molecule has 5 heterocycles. The van der Waals surface area contributed by atoms with Crippen LogP contribution in [0.1, 0.15) is 27.6 Å². The van der Waals surface area contributed by atoms with E-state index in [2.05, 4.69) is 23.9 Å². The zero-order valence-corrected chi connectivity index (χ0v) is 26.0. The standard InChI is InChI=1S/C33H33ClFN7O4/c1-21-36-9-10-39(21)11-13-41-27-15-22(33(43)44)6-8-26(27)37-31(41)17-40-12-14-42(29-20-45-19-28(29)40)30-3-2-4-32(38-30)46-18-23-5-7-24(34)16-25(23)35/h2-10,15-16,28-29H,11-14,17-20H2,1H3,(H,43,44)/t28-,29+/m1/s1. The van der Waals surface area contributed by atoms with Gasteiger partial charge < -0.3 is 28.6 Å². The maximum absolute atomic E-state index is 14.3. The van der Waals surface area contributed by atoms with Crippen LogP contribution in [0.3, 0.4) is 0 Å². The molecule has 0 spiro atoms. The van der Waals surface area contributed by atoms with Gasteiger partial charge in [-0.2, -0.15) is 4.98 Å². The van der Waals surface area contributed by atoms with Gasteiger partial charge in [0.25, 0.3) is 0 Å². The number of aryl methyl sites for hydroxylation is 3. The van der Waals surface area contributed by atoms with E-state index < -0.39 is 11.8 Å². The zero-order chi connectivity index (χ0) is 31.8. The molecule has 0 aliphatic carbocycles. The molecule has 11 nitrogen and oxygen atoms in total. The van der Waals surface area contributed by atoms with E-state index in [4.69, 9.17) is 31.0 Å². The second kappa shape index (κ2) is 12.7. The molecule has 0 bridgehead atoms. The number of hydrogen-bond donors (Lipinski definition) is 1. The molecule has 13 heteroatoms. The lowest BCUT2D eigenvalue weighted by atomic mass is 10.0. The summed E-state index contributed by atoms with van der Waals surface area (Å²) in [6, 6.07) is 15.4. The summed E-state index contributed by atoms with van der Waals surface area (Å²) < 4.78 is 30.4. The highest BCUT2D eigenvalue weighted by Crippen LogP contribution is 2.30. The third kappa shape index (κ3) is 6.03. The van der Waals surface area contributed by atoms with Gasteiger partial charge in [0.05, 0.1) is 48.4 Å². The largest absolute Gasteiger partial charge is 0.478 e. The quantitative estimate of drug-likeness (QED) is 0.229. The van der Waals surface area contributed by atoms with Gasteiger partial charge in [-0.05, 0) is 43.3 Å². The van der Waals surface area contributed by atoms with Crippen LogP contribution < -0.4 is 9.64 Å². The van der Waals surface area contributed by atoms with Gasteiger partial charge in [-0.25, -0.2) is 19.2 Å². The van der Waals surface area contributed by atoms with Gasteiger partial charge in [0.2, 0.25) is 5.88 Å². The molecule has 2 aliphatic heterocycles. The predicted octanol–water partition coefficient (Wildman–Crippen LogP) is 4.80. The Morgan fingerprint density at radius 1 is 1.09 bits per heavy atom. The number of nitrogens with zero attached hydrogens (tertiary/aromatic N) is 7. The average Bonchev–Trinajstić information content (AvgIpc) is 3.78. The van der Waals surface area contributed by atoms with E-state index >= 15 is 0 Å². The van der Waals surface area contributed by atoms with Crippen molar-refractivity contribution in [3.63, 3.8) is 0 Å². The summed E-state index contributed by atoms with van der Waals surface area (Å²) in [7, 11) is 0. The fourth-order valence-corrected chi connectivity index (χ4v) is 6.53. The SMILES string of the molecule is Cc1nccn1CCn1c(CN2CCN(c3cccc(OCc4ccc(Cl)cc4F)n3)[C@H]3COC[C@H]32)nc2ccc(C(=O)O)cc21. The smallest absolute Gasteiger partial charge is 0.335 e. The average molecular weight is 646 g/mol. The van der Waals surface area contributed by atoms with E-state index in [1.54, 1.807) is 42.6 Å². The number of imidazole rings is 2. The molecule has 2 fully saturated rings. The Bertz CT molecular complexity index is 1900. The Labute approximate surface area is 269 Å². The van der Waals surface area contributed by atoms with Gasteiger partial charge in [-0.3, -0.25) is 4.90 Å². The number of pyridine rings is 1. The summed E-state index contributed by atoms with van der Waals surface area (Å²) in [5, 5.41) is 10.00. The van der Waals surface area contributed by atoms with Crippen molar-refractivity contribution >= 4 is 34.4 Å². The molecular formula is C33H33ClFN7O4. The summed E-state index contributed by atoms with van der Waals surface area (Å²) in [5.41, 5.74) is 2.19. The van der Waals surface area contributed by atoms with E-state index in [9.17, 15) is 14.3 Å². The molecule has 2 aromatic carbocycles.